The standard InChI is InChI=1S/C16H19IO4/c1-3-20-16(19)14(9-6-7-11-21-12(2)18)13-8-4-5-10-15(13)17/h4-8,10,14H,3,9,11H2,1-2H3. The van der Waals surface area contributed by atoms with Gasteiger partial charge in [0.15, 0.2) is 0 Å². The monoisotopic (exact) mass is 402 g/mol. The molecule has 0 fully saturated rings. The highest BCUT2D eigenvalue weighted by Gasteiger charge is 2.22. The average Bonchev–Trinajstić information content (AvgIpc) is 2.44. The Hall–Kier alpha value is -1.37. The summed E-state index contributed by atoms with van der Waals surface area (Å²) in [6, 6.07) is 7.74. The molecule has 0 aromatic heterocycles. The van der Waals surface area contributed by atoms with Crippen LogP contribution in [0.1, 0.15) is 31.7 Å². The van der Waals surface area contributed by atoms with E-state index < -0.39 is 0 Å². The predicted molar refractivity (Wildman–Crippen MR) is 88.9 cm³/mol. The highest BCUT2D eigenvalue weighted by Crippen LogP contribution is 2.26. The van der Waals surface area contributed by atoms with Crippen molar-refractivity contribution in [3.63, 3.8) is 0 Å². The molecule has 5 heteroatoms. The van der Waals surface area contributed by atoms with E-state index in [4.69, 9.17) is 9.47 Å². The van der Waals surface area contributed by atoms with E-state index in [1.807, 2.05) is 30.3 Å². The Morgan fingerprint density at radius 1 is 1.24 bits per heavy atom. The Labute approximate surface area is 138 Å². The van der Waals surface area contributed by atoms with E-state index in [2.05, 4.69) is 22.6 Å². The van der Waals surface area contributed by atoms with E-state index in [9.17, 15) is 9.59 Å². The van der Waals surface area contributed by atoms with Gasteiger partial charge in [-0.1, -0.05) is 30.4 Å². The molecule has 0 saturated heterocycles. The topological polar surface area (TPSA) is 52.6 Å². The van der Waals surface area contributed by atoms with Crippen molar-refractivity contribution in [2.45, 2.75) is 26.2 Å². The molecule has 0 aliphatic carbocycles. The molecule has 0 saturated carbocycles. The molecule has 0 bridgehead atoms. The van der Waals surface area contributed by atoms with E-state index in [0.717, 1.165) is 9.13 Å². The van der Waals surface area contributed by atoms with Gasteiger partial charge in [-0.15, -0.1) is 0 Å². The highest BCUT2D eigenvalue weighted by molar-refractivity contribution is 14.1. The number of hydrogen-bond acceptors (Lipinski definition) is 4. The van der Waals surface area contributed by atoms with Crippen LogP contribution >= 0.6 is 22.6 Å². The van der Waals surface area contributed by atoms with Crippen LogP contribution in [0.15, 0.2) is 36.4 Å². The van der Waals surface area contributed by atoms with Crippen LogP contribution in [-0.2, 0) is 19.1 Å². The first kappa shape index (κ1) is 17.7. The summed E-state index contributed by atoms with van der Waals surface area (Å²) in [5, 5.41) is 0. The normalized spacial score (nSPS) is 12.1. The molecule has 1 rings (SSSR count). The molecule has 0 aliphatic rings. The van der Waals surface area contributed by atoms with Crippen LogP contribution in [0.3, 0.4) is 0 Å². The van der Waals surface area contributed by atoms with Gasteiger partial charge in [-0.3, -0.25) is 9.59 Å². The lowest BCUT2D eigenvalue weighted by molar-refractivity contribution is -0.145. The van der Waals surface area contributed by atoms with Gasteiger partial charge >= 0.3 is 11.9 Å². The SMILES string of the molecule is CCOC(=O)C(CC=CCOC(C)=O)c1ccccc1I. The van der Waals surface area contributed by atoms with Crippen molar-refractivity contribution in [2.24, 2.45) is 0 Å². The molecule has 21 heavy (non-hydrogen) atoms. The van der Waals surface area contributed by atoms with E-state index in [1.54, 1.807) is 13.0 Å². The number of esters is 2. The predicted octanol–water partition coefficient (Wildman–Crippen LogP) is 3.45. The quantitative estimate of drug-likeness (QED) is 0.398. The second-order valence-electron chi connectivity index (χ2n) is 4.34. The van der Waals surface area contributed by atoms with Crippen molar-refractivity contribution in [1.82, 2.24) is 0 Å². The van der Waals surface area contributed by atoms with Crippen molar-refractivity contribution in [1.29, 1.82) is 0 Å². The van der Waals surface area contributed by atoms with Crippen molar-refractivity contribution in [2.75, 3.05) is 13.2 Å². The lowest BCUT2D eigenvalue weighted by Crippen LogP contribution is -2.16. The third kappa shape index (κ3) is 6.29. The molecule has 0 spiro atoms. The maximum atomic E-state index is 12.1. The summed E-state index contributed by atoms with van der Waals surface area (Å²) in [6.07, 6.45) is 4.09. The Bertz CT molecular complexity index is 511. The summed E-state index contributed by atoms with van der Waals surface area (Å²) in [5.41, 5.74) is 0.952. The molecular formula is C16H19IO4. The number of hydrogen-bond donors (Lipinski definition) is 0. The van der Waals surface area contributed by atoms with Crippen molar-refractivity contribution in [3.8, 4) is 0 Å². The van der Waals surface area contributed by atoms with Gasteiger partial charge in [-0.05, 0) is 47.6 Å². The maximum absolute atomic E-state index is 12.1. The van der Waals surface area contributed by atoms with Crippen LogP contribution in [0.25, 0.3) is 0 Å². The van der Waals surface area contributed by atoms with Gasteiger partial charge < -0.3 is 9.47 Å². The number of benzene rings is 1. The number of rotatable bonds is 7. The van der Waals surface area contributed by atoms with Crippen LogP contribution in [0.2, 0.25) is 0 Å². The molecule has 0 aliphatic heterocycles. The molecule has 1 aromatic carbocycles. The Morgan fingerprint density at radius 2 is 1.95 bits per heavy atom. The van der Waals surface area contributed by atoms with Crippen molar-refractivity contribution < 1.29 is 19.1 Å². The molecule has 1 unspecified atom stereocenters. The van der Waals surface area contributed by atoms with Gasteiger partial charge in [-0.25, -0.2) is 0 Å². The average molecular weight is 402 g/mol. The van der Waals surface area contributed by atoms with Crippen LogP contribution in [0.5, 0.6) is 0 Å². The number of ether oxygens (including phenoxy) is 2. The van der Waals surface area contributed by atoms with Gasteiger partial charge in [0, 0.05) is 10.5 Å². The molecule has 1 aromatic rings. The first-order valence-corrected chi connectivity index (χ1v) is 7.83. The number of carbonyl (C=O) groups is 2. The molecular weight excluding hydrogens is 383 g/mol. The van der Waals surface area contributed by atoms with E-state index in [0.29, 0.717) is 13.0 Å². The summed E-state index contributed by atoms with van der Waals surface area (Å²) in [4.78, 5) is 22.8. The summed E-state index contributed by atoms with van der Waals surface area (Å²) in [7, 11) is 0. The zero-order valence-electron chi connectivity index (χ0n) is 12.2. The van der Waals surface area contributed by atoms with Gasteiger partial charge in [0.1, 0.15) is 6.61 Å². The second-order valence-corrected chi connectivity index (χ2v) is 5.50. The highest BCUT2D eigenvalue weighted by atomic mass is 127. The van der Waals surface area contributed by atoms with Crippen LogP contribution in [0, 0.1) is 3.57 Å². The fraction of sp³-hybridized carbons (Fsp3) is 0.375. The Kier molecular flexibility index (Phi) is 8.04. The first-order valence-electron chi connectivity index (χ1n) is 6.75. The van der Waals surface area contributed by atoms with Crippen molar-refractivity contribution in [3.05, 3.63) is 45.6 Å². The number of allylic oxidation sites excluding steroid dienone is 1. The summed E-state index contributed by atoms with van der Waals surface area (Å²) >= 11 is 2.21. The fourth-order valence-corrected chi connectivity index (χ4v) is 2.58. The van der Waals surface area contributed by atoms with Crippen LogP contribution < -0.4 is 0 Å². The summed E-state index contributed by atoms with van der Waals surface area (Å²) < 4.78 is 11.0. The van der Waals surface area contributed by atoms with Crippen molar-refractivity contribution >= 4 is 34.5 Å². The summed E-state index contributed by atoms with van der Waals surface area (Å²) in [6.45, 7) is 3.73. The van der Waals surface area contributed by atoms with E-state index in [1.165, 1.54) is 6.92 Å². The third-order valence-electron chi connectivity index (χ3n) is 2.77. The number of carbonyl (C=O) groups excluding carboxylic acids is 2. The second kappa shape index (κ2) is 9.55. The first-order chi connectivity index (χ1) is 10.1. The molecule has 0 heterocycles. The molecule has 0 N–H and O–H groups in total. The minimum atomic E-state index is -0.341. The molecule has 114 valence electrons. The summed E-state index contributed by atoms with van der Waals surface area (Å²) in [5.74, 6) is -0.899. The molecule has 0 amide bonds. The van der Waals surface area contributed by atoms with Gasteiger partial charge in [-0.2, -0.15) is 0 Å². The Morgan fingerprint density at radius 3 is 2.57 bits per heavy atom. The largest absolute Gasteiger partial charge is 0.466 e. The zero-order valence-corrected chi connectivity index (χ0v) is 14.3. The minimum absolute atomic E-state index is 0.219. The minimum Gasteiger partial charge on any atom is -0.466 e. The van der Waals surface area contributed by atoms with Gasteiger partial charge in [0.25, 0.3) is 0 Å². The maximum Gasteiger partial charge on any atom is 0.313 e. The van der Waals surface area contributed by atoms with Crippen LogP contribution in [-0.4, -0.2) is 25.2 Å². The lowest BCUT2D eigenvalue weighted by Gasteiger charge is -2.15. The zero-order chi connectivity index (χ0) is 15.7. The molecule has 1 atom stereocenters. The smallest absolute Gasteiger partial charge is 0.313 e. The van der Waals surface area contributed by atoms with Gasteiger partial charge in [0.05, 0.1) is 12.5 Å². The Balaban J connectivity index is 2.77. The molecule has 4 nitrogen and oxygen atoms in total. The van der Waals surface area contributed by atoms with E-state index in [-0.39, 0.29) is 24.5 Å². The van der Waals surface area contributed by atoms with Crippen LogP contribution in [0.4, 0.5) is 0 Å². The molecule has 0 radical (unpaired) electrons. The van der Waals surface area contributed by atoms with Gasteiger partial charge in [0.2, 0.25) is 0 Å². The third-order valence-corrected chi connectivity index (χ3v) is 3.76. The lowest BCUT2D eigenvalue weighted by atomic mass is 9.95. The van der Waals surface area contributed by atoms with E-state index >= 15 is 0 Å². The fourth-order valence-electron chi connectivity index (χ4n) is 1.82. The number of halogens is 1.